The molecule has 2 aliphatic rings. The van der Waals surface area contributed by atoms with Gasteiger partial charge in [-0.2, -0.15) is 0 Å². The molecule has 11 nitrogen and oxygen atoms in total. The van der Waals surface area contributed by atoms with Crippen molar-refractivity contribution in [2.45, 2.75) is 27.7 Å². The van der Waals surface area contributed by atoms with Gasteiger partial charge in [-0.15, -0.1) is 0 Å². The highest BCUT2D eigenvalue weighted by molar-refractivity contribution is 6.28. The van der Waals surface area contributed by atoms with E-state index in [1.165, 1.54) is 0 Å². The number of rotatable bonds is 12. The largest absolute Gasteiger partial charge is 0.494 e. The number of nitrogens with zero attached hydrogens (tertiary/aromatic N) is 8. The molecular formula is C93H74N8O3. The molecule has 1 saturated heterocycles. The fourth-order valence-electron chi connectivity index (χ4n) is 16.3. The molecule has 11 heteroatoms. The summed E-state index contributed by atoms with van der Waals surface area (Å²) in [5.41, 5.74) is 19.4. The van der Waals surface area contributed by atoms with Crippen molar-refractivity contribution in [3.05, 3.63) is 300 Å². The van der Waals surface area contributed by atoms with Crippen LogP contribution in [0.3, 0.4) is 0 Å². The average molecular weight is 1350 g/mol. The molecule has 0 saturated carbocycles. The molecule has 1 amide bonds. The Morgan fingerprint density at radius 3 is 0.990 bits per heavy atom. The van der Waals surface area contributed by atoms with Gasteiger partial charge in [0.15, 0.2) is 5.88 Å². The highest BCUT2D eigenvalue weighted by atomic mass is 16.5. The van der Waals surface area contributed by atoms with Gasteiger partial charge in [0.25, 0.3) is 5.91 Å². The number of hydrogen-bond donors (Lipinski definition) is 1. The summed E-state index contributed by atoms with van der Waals surface area (Å²) in [6.45, 7) is 13.8. The van der Waals surface area contributed by atoms with Crippen molar-refractivity contribution >= 4 is 116 Å². The lowest BCUT2D eigenvalue weighted by Gasteiger charge is -2.35. The molecule has 0 spiro atoms. The Balaban J connectivity index is 0.812. The van der Waals surface area contributed by atoms with Crippen molar-refractivity contribution in [2.75, 3.05) is 62.2 Å². The van der Waals surface area contributed by atoms with E-state index in [4.69, 9.17) is 24.7 Å². The van der Waals surface area contributed by atoms with E-state index in [9.17, 15) is 5.11 Å². The van der Waals surface area contributed by atoms with Gasteiger partial charge in [-0.1, -0.05) is 218 Å². The molecule has 18 rings (SSSR count). The molecule has 12 aromatic carbocycles. The van der Waals surface area contributed by atoms with Crippen molar-refractivity contribution in [1.29, 1.82) is 0 Å². The van der Waals surface area contributed by atoms with E-state index in [0.29, 0.717) is 37.0 Å². The first kappa shape index (κ1) is 63.4. The van der Waals surface area contributed by atoms with Gasteiger partial charge in [0.1, 0.15) is 11.5 Å². The average Bonchev–Trinajstić information content (AvgIpc) is 1.20. The first-order valence-electron chi connectivity index (χ1n) is 36.3. The van der Waals surface area contributed by atoms with Gasteiger partial charge in [0.2, 0.25) is 0 Å². The summed E-state index contributed by atoms with van der Waals surface area (Å²) in [7, 11) is 0. The third kappa shape index (κ3) is 10.6. The van der Waals surface area contributed by atoms with E-state index in [-0.39, 0.29) is 11.8 Å². The fourth-order valence-corrected chi connectivity index (χ4v) is 16.3. The number of benzene rings is 11. The lowest BCUT2D eigenvalue weighted by atomic mass is 9.90. The predicted molar refractivity (Wildman–Crippen MR) is 429 cm³/mol. The Kier molecular flexibility index (Phi) is 16.1. The number of aliphatic hydroxyl groups excluding tert-OH is 1. The van der Waals surface area contributed by atoms with Crippen molar-refractivity contribution in [3.63, 3.8) is 0 Å². The summed E-state index contributed by atoms with van der Waals surface area (Å²) in [6, 6.07) is 95.1. The molecule has 16 aromatic rings. The Hall–Kier alpha value is -12.7. The van der Waals surface area contributed by atoms with E-state index in [1.54, 1.807) is 0 Å². The molecule has 4 aromatic heterocycles. The van der Waals surface area contributed by atoms with Crippen molar-refractivity contribution in [1.82, 2.24) is 29.7 Å². The highest BCUT2D eigenvalue weighted by Crippen LogP contribution is 2.49. The second-order valence-corrected chi connectivity index (χ2v) is 26.9. The first-order chi connectivity index (χ1) is 51.3. The molecule has 2 aliphatic heterocycles. The number of fused-ring (bicyclic) bond motifs is 2. The molecule has 0 aliphatic carbocycles. The van der Waals surface area contributed by atoms with Gasteiger partial charge in [0, 0.05) is 169 Å². The molecule has 0 atom stereocenters. The molecule has 0 unspecified atom stereocenters. The highest BCUT2D eigenvalue weighted by Gasteiger charge is 2.30. The molecular weight excluding hydrogens is 1280 g/mol. The number of hydrogen-bond acceptors (Lipinski definition) is 10. The van der Waals surface area contributed by atoms with Crippen LogP contribution in [-0.2, 0) is 0 Å². The SMILES string of the molecule is CCN(CC)c1ccc2c(c1)Oc1cc(N(CC)CC)ccc1C2=c1ccccc1=C(O)N1CCN(C(=O)c2ccc(-c3c4nc(c(-c5ccccc5)c5nc(c(-c6ccccc6)c6nc(c(-c7ccccc7)c7nc3c3ccccc73)c3ccccc63)c3ccccc53)c3ccccc43)cc2)CC1. The Morgan fingerprint density at radius 1 is 0.356 bits per heavy atom. The summed E-state index contributed by atoms with van der Waals surface area (Å²) in [6.07, 6.45) is 0. The van der Waals surface area contributed by atoms with E-state index in [0.717, 1.165) is 203 Å². The third-order valence-corrected chi connectivity index (χ3v) is 21.4. The quantitative estimate of drug-likeness (QED) is 0.127. The van der Waals surface area contributed by atoms with Crippen LogP contribution in [0, 0.1) is 0 Å². The monoisotopic (exact) mass is 1350 g/mol. The molecule has 8 bridgehead atoms. The second kappa shape index (κ2) is 26.3. The van der Waals surface area contributed by atoms with Crippen LogP contribution in [0.2, 0.25) is 0 Å². The zero-order valence-corrected chi connectivity index (χ0v) is 58.5. The number of aliphatic hydroxyl groups is 1. The van der Waals surface area contributed by atoms with E-state index < -0.39 is 0 Å². The maximum absolute atomic E-state index is 15.2. The number of aromatic nitrogens is 4. The Morgan fingerprint density at radius 2 is 0.654 bits per heavy atom. The molecule has 6 heterocycles. The number of ether oxygens (including phenoxy) is 1. The molecule has 1 N–H and O–H groups in total. The van der Waals surface area contributed by atoms with Gasteiger partial charge in [-0.25, -0.2) is 19.9 Å². The van der Waals surface area contributed by atoms with E-state index >= 15 is 4.79 Å². The normalized spacial score (nSPS) is 13.2. The number of amides is 1. The Labute approximate surface area is 602 Å². The van der Waals surface area contributed by atoms with Crippen LogP contribution in [0.4, 0.5) is 11.4 Å². The maximum atomic E-state index is 15.2. The van der Waals surface area contributed by atoms with Crippen LogP contribution in [0.1, 0.15) is 49.2 Å². The molecule has 0 radical (unpaired) electrons. The van der Waals surface area contributed by atoms with Crippen LogP contribution in [0.25, 0.3) is 143 Å². The minimum atomic E-state index is -0.0870. The van der Waals surface area contributed by atoms with Crippen LogP contribution >= 0.6 is 0 Å². The molecule has 504 valence electrons. The van der Waals surface area contributed by atoms with Crippen LogP contribution < -0.4 is 25.0 Å². The minimum absolute atomic E-state index is 0.0870. The van der Waals surface area contributed by atoms with Gasteiger partial charge < -0.3 is 29.4 Å². The summed E-state index contributed by atoms with van der Waals surface area (Å²) in [5, 5.41) is 22.1. The summed E-state index contributed by atoms with van der Waals surface area (Å²) >= 11 is 0. The lowest BCUT2D eigenvalue weighted by Crippen LogP contribution is -2.49. The first-order valence-corrected chi connectivity index (χ1v) is 36.3. The number of carbonyl (C=O) groups is 1. The zero-order valence-electron chi connectivity index (χ0n) is 58.5. The number of piperazine rings is 1. The summed E-state index contributed by atoms with van der Waals surface area (Å²) in [5.74, 6) is 1.64. The van der Waals surface area contributed by atoms with E-state index in [2.05, 4.69) is 280 Å². The van der Waals surface area contributed by atoms with Crippen LogP contribution in [0.5, 0.6) is 11.5 Å². The third-order valence-electron chi connectivity index (χ3n) is 21.4. The predicted octanol–water partition coefficient (Wildman–Crippen LogP) is 19.8. The van der Waals surface area contributed by atoms with Gasteiger partial charge in [0.05, 0.1) is 44.1 Å². The van der Waals surface area contributed by atoms with Gasteiger partial charge in [-0.3, -0.25) is 4.79 Å². The topological polar surface area (TPSA) is 111 Å². The van der Waals surface area contributed by atoms with Gasteiger partial charge in [-0.05, 0) is 97.6 Å². The maximum Gasteiger partial charge on any atom is 0.253 e. The summed E-state index contributed by atoms with van der Waals surface area (Å²) < 4.78 is 6.87. The fraction of sp³-hybridized carbons (Fsp3) is 0.129. The van der Waals surface area contributed by atoms with E-state index in [1.807, 2.05) is 40.1 Å². The zero-order chi connectivity index (χ0) is 70.1. The lowest BCUT2D eigenvalue weighted by molar-refractivity contribution is 0.0664. The molecule has 1 fully saturated rings. The van der Waals surface area contributed by atoms with Crippen molar-refractivity contribution in [2.24, 2.45) is 0 Å². The summed E-state index contributed by atoms with van der Waals surface area (Å²) in [4.78, 5) is 47.6. The van der Waals surface area contributed by atoms with Crippen LogP contribution in [-0.4, -0.2) is 93.1 Å². The smallest absolute Gasteiger partial charge is 0.253 e. The second-order valence-electron chi connectivity index (χ2n) is 26.9. The number of carbonyl (C=O) groups excluding carboxylic acids is 1. The standard InChI is InChI=1S/C93H74N8O3/c1-5-98(6-2)63-48-50-75-77(56-63)104-78-57-64(99(7-3)8-4)49-51-76(78)83(75)65-34-18-27-43-74(65)93(103)101-54-52-100(53-55-101)92(102)62-46-44-61(45-47-62)82-90-72-41-25-23-39-70(72)88(96-90)80(59-30-14-10-15-31-59)86-68-37-21-19-35-66(68)84(94-86)79(58-28-12-9-13-29-58)85-67-36-20-22-38-69(67)87(95-85)81(60-32-16-11-17-33-60)89-71-40-24-26-42-73(71)91(82)97-89/h9-51,56-57,103H,5-8,52-55H2,1-4H3. The van der Waals surface area contributed by atoms with Crippen LogP contribution in [0.15, 0.2) is 273 Å². The number of anilines is 2. The Bertz CT molecular complexity index is 6020. The molecule has 104 heavy (non-hydrogen) atoms. The van der Waals surface area contributed by atoms with Crippen molar-refractivity contribution < 1.29 is 14.6 Å². The van der Waals surface area contributed by atoms with Crippen molar-refractivity contribution in [3.8, 4) is 56.0 Å². The van der Waals surface area contributed by atoms with Gasteiger partial charge >= 0.3 is 0 Å². The minimum Gasteiger partial charge on any atom is -0.494 e.